The topological polar surface area (TPSA) is 89.5 Å². The summed E-state index contributed by atoms with van der Waals surface area (Å²) in [7, 11) is 1.82. The molecule has 1 heterocycles. The Hall–Kier alpha value is -3.46. The molecule has 0 saturated carbocycles. The molecule has 0 aliphatic carbocycles. The molecule has 0 spiro atoms. The van der Waals surface area contributed by atoms with Crippen LogP contribution in [0.25, 0.3) is 0 Å². The number of carbonyl (C=O) groups excluding carboxylic acids is 1. The van der Waals surface area contributed by atoms with Gasteiger partial charge in [-0.2, -0.15) is 15.0 Å². The molecule has 0 aliphatic rings. The van der Waals surface area contributed by atoms with Crippen molar-refractivity contribution in [3.8, 4) is 5.75 Å². The van der Waals surface area contributed by atoms with Crippen molar-refractivity contribution in [3.05, 3.63) is 65.2 Å². The number of hydrogen-bond donors (Lipinski definition) is 1. The maximum atomic E-state index is 13.1. The molecule has 186 valence electrons. The highest BCUT2D eigenvalue weighted by atomic mass is 35.5. The monoisotopic (exact) mass is 501 g/mol. The molecule has 1 N–H and O–H groups in total. The van der Waals surface area contributed by atoms with Crippen molar-refractivity contribution >= 4 is 35.2 Å². The molecular formula is C25H29ClFN5O3. The normalized spacial score (nSPS) is 11.6. The second kappa shape index (κ2) is 12.9. The zero-order chi connectivity index (χ0) is 25.2. The molecule has 2 aromatic carbocycles. The maximum absolute atomic E-state index is 13.1. The number of aromatic nitrogens is 3. The van der Waals surface area contributed by atoms with Crippen molar-refractivity contribution < 1.29 is 18.7 Å². The Kier molecular flexibility index (Phi) is 9.60. The van der Waals surface area contributed by atoms with E-state index < -0.39 is 0 Å². The average molecular weight is 502 g/mol. The fourth-order valence-corrected chi connectivity index (χ4v) is 3.45. The average Bonchev–Trinajstić information content (AvgIpc) is 2.84. The lowest BCUT2D eigenvalue weighted by Gasteiger charge is -2.18. The van der Waals surface area contributed by atoms with Gasteiger partial charge in [0.2, 0.25) is 17.2 Å². The molecule has 35 heavy (non-hydrogen) atoms. The highest BCUT2D eigenvalue weighted by Gasteiger charge is 2.18. The van der Waals surface area contributed by atoms with Gasteiger partial charge in [-0.15, -0.1) is 0 Å². The van der Waals surface area contributed by atoms with E-state index in [0.29, 0.717) is 37.8 Å². The number of rotatable bonds is 12. The molecule has 0 saturated heterocycles. The second-order valence-electron chi connectivity index (χ2n) is 7.84. The molecule has 1 aromatic heterocycles. The summed E-state index contributed by atoms with van der Waals surface area (Å²) < 4.78 is 24.1. The standard InChI is InChI=1S/C25H29ClFN5O3/c1-4-18(22(33)34-5-2)16-17-6-12-21(13-7-17)35-15-14-32(3)25-30-23(26)29-24(31-25)28-20-10-8-19(27)9-11-20/h6-13,18H,4-5,14-16H2,1-3H3,(H,28,29,30,31). The van der Waals surface area contributed by atoms with Crippen LogP contribution >= 0.6 is 11.6 Å². The number of halogens is 2. The summed E-state index contributed by atoms with van der Waals surface area (Å²) in [5.41, 5.74) is 1.68. The number of ether oxygens (including phenoxy) is 2. The largest absolute Gasteiger partial charge is 0.492 e. The summed E-state index contributed by atoms with van der Waals surface area (Å²) in [4.78, 5) is 26.4. The SMILES string of the molecule is CCOC(=O)C(CC)Cc1ccc(OCCN(C)c2nc(Cl)nc(Nc3ccc(F)cc3)n2)cc1. The summed E-state index contributed by atoms with van der Waals surface area (Å²) in [6.45, 7) is 5.07. The Bertz CT molecular complexity index is 1100. The van der Waals surface area contributed by atoms with Crippen LogP contribution in [0.5, 0.6) is 5.75 Å². The van der Waals surface area contributed by atoms with Crippen LogP contribution in [0.2, 0.25) is 5.28 Å². The van der Waals surface area contributed by atoms with Crippen molar-refractivity contribution in [2.75, 3.05) is 37.0 Å². The van der Waals surface area contributed by atoms with Crippen LogP contribution < -0.4 is 15.0 Å². The van der Waals surface area contributed by atoms with E-state index in [1.54, 1.807) is 17.0 Å². The highest BCUT2D eigenvalue weighted by Crippen LogP contribution is 2.19. The fourth-order valence-electron chi connectivity index (χ4n) is 3.29. The summed E-state index contributed by atoms with van der Waals surface area (Å²) in [5, 5.41) is 3.02. The van der Waals surface area contributed by atoms with Gasteiger partial charge in [0.25, 0.3) is 0 Å². The van der Waals surface area contributed by atoms with E-state index in [0.717, 1.165) is 17.7 Å². The van der Waals surface area contributed by atoms with Gasteiger partial charge in [-0.25, -0.2) is 4.39 Å². The second-order valence-corrected chi connectivity index (χ2v) is 8.17. The Balaban J connectivity index is 1.52. The lowest BCUT2D eigenvalue weighted by atomic mass is 9.97. The van der Waals surface area contributed by atoms with E-state index in [2.05, 4.69) is 20.3 Å². The molecular weight excluding hydrogens is 473 g/mol. The van der Waals surface area contributed by atoms with Crippen LogP contribution in [0.3, 0.4) is 0 Å². The number of anilines is 3. The maximum Gasteiger partial charge on any atom is 0.309 e. The molecule has 3 aromatic rings. The van der Waals surface area contributed by atoms with Gasteiger partial charge in [0.1, 0.15) is 18.2 Å². The first-order valence-electron chi connectivity index (χ1n) is 11.4. The van der Waals surface area contributed by atoms with E-state index in [4.69, 9.17) is 21.1 Å². The molecule has 8 nitrogen and oxygen atoms in total. The summed E-state index contributed by atoms with van der Waals surface area (Å²) in [6, 6.07) is 13.5. The van der Waals surface area contributed by atoms with Crippen molar-refractivity contribution in [1.29, 1.82) is 0 Å². The minimum atomic E-state index is -0.332. The van der Waals surface area contributed by atoms with Crippen LogP contribution in [0.4, 0.5) is 22.0 Å². The fraction of sp³-hybridized carbons (Fsp3) is 0.360. The minimum absolute atomic E-state index is 0.0381. The third-order valence-electron chi connectivity index (χ3n) is 5.25. The summed E-state index contributed by atoms with van der Waals surface area (Å²) >= 11 is 6.06. The minimum Gasteiger partial charge on any atom is -0.492 e. The van der Waals surface area contributed by atoms with Gasteiger partial charge in [0.05, 0.1) is 19.1 Å². The van der Waals surface area contributed by atoms with Gasteiger partial charge in [0, 0.05) is 12.7 Å². The first-order valence-corrected chi connectivity index (χ1v) is 11.8. The molecule has 0 bridgehead atoms. The van der Waals surface area contributed by atoms with E-state index in [1.807, 2.05) is 45.2 Å². The van der Waals surface area contributed by atoms with Crippen molar-refractivity contribution in [2.24, 2.45) is 5.92 Å². The molecule has 0 radical (unpaired) electrons. The Morgan fingerprint density at radius 1 is 1.09 bits per heavy atom. The van der Waals surface area contributed by atoms with E-state index in [1.165, 1.54) is 12.1 Å². The molecule has 1 unspecified atom stereocenters. The Morgan fingerprint density at radius 2 is 1.80 bits per heavy atom. The lowest BCUT2D eigenvalue weighted by Crippen LogP contribution is -2.26. The molecule has 3 rings (SSSR count). The molecule has 0 amide bonds. The van der Waals surface area contributed by atoms with Crippen molar-refractivity contribution in [1.82, 2.24) is 15.0 Å². The van der Waals surface area contributed by atoms with Gasteiger partial charge in [-0.1, -0.05) is 19.1 Å². The molecule has 10 heteroatoms. The number of nitrogens with zero attached hydrogens (tertiary/aromatic N) is 4. The third kappa shape index (κ3) is 8.06. The van der Waals surface area contributed by atoms with E-state index in [9.17, 15) is 9.18 Å². The molecule has 0 aliphatic heterocycles. The van der Waals surface area contributed by atoms with Crippen molar-refractivity contribution in [3.63, 3.8) is 0 Å². The number of benzene rings is 2. The number of esters is 1. The molecule has 0 fully saturated rings. The van der Waals surface area contributed by atoms with Gasteiger partial charge in [0.15, 0.2) is 0 Å². The Labute approximate surface area is 209 Å². The first kappa shape index (κ1) is 26.2. The van der Waals surface area contributed by atoms with Gasteiger partial charge >= 0.3 is 5.97 Å². The van der Waals surface area contributed by atoms with E-state index >= 15 is 0 Å². The van der Waals surface area contributed by atoms with E-state index in [-0.39, 0.29) is 28.9 Å². The lowest BCUT2D eigenvalue weighted by molar-refractivity contribution is -0.148. The number of carbonyl (C=O) groups is 1. The van der Waals surface area contributed by atoms with Gasteiger partial charge in [-0.3, -0.25) is 4.79 Å². The van der Waals surface area contributed by atoms with Gasteiger partial charge < -0.3 is 19.7 Å². The van der Waals surface area contributed by atoms with Crippen LogP contribution in [-0.2, 0) is 16.0 Å². The summed E-state index contributed by atoms with van der Waals surface area (Å²) in [5.74, 6) is 0.707. The summed E-state index contributed by atoms with van der Waals surface area (Å²) in [6.07, 6.45) is 1.36. The zero-order valence-corrected chi connectivity index (χ0v) is 20.8. The smallest absolute Gasteiger partial charge is 0.309 e. The van der Waals surface area contributed by atoms with Crippen LogP contribution in [0.1, 0.15) is 25.8 Å². The Morgan fingerprint density at radius 3 is 2.46 bits per heavy atom. The third-order valence-corrected chi connectivity index (χ3v) is 5.42. The zero-order valence-electron chi connectivity index (χ0n) is 20.0. The quantitative estimate of drug-likeness (QED) is 0.345. The van der Waals surface area contributed by atoms with Gasteiger partial charge in [-0.05, 0) is 73.3 Å². The predicted octanol–water partition coefficient (Wildman–Crippen LogP) is 5.05. The van der Waals surface area contributed by atoms with Crippen LogP contribution in [0.15, 0.2) is 48.5 Å². The highest BCUT2D eigenvalue weighted by molar-refractivity contribution is 6.28. The predicted molar refractivity (Wildman–Crippen MR) is 134 cm³/mol. The van der Waals surface area contributed by atoms with Crippen molar-refractivity contribution in [2.45, 2.75) is 26.7 Å². The van der Waals surface area contributed by atoms with Crippen LogP contribution in [-0.4, -0.2) is 47.7 Å². The first-order chi connectivity index (χ1) is 16.9. The number of nitrogens with one attached hydrogen (secondary N) is 1. The molecule has 1 atom stereocenters. The number of likely N-dealkylation sites (N-methyl/N-ethyl adjacent to an activating group) is 1. The number of hydrogen-bond acceptors (Lipinski definition) is 8. The van der Waals surface area contributed by atoms with Crippen LogP contribution in [0, 0.1) is 11.7 Å².